The number of carbonyl (C=O) groups is 1. The second-order valence-electron chi connectivity index (χ2n) is 6.14. The number of anilines is 1. The molecular weight excluding hydrogens is 381 g/mol. The van der Waals surface area contributed by atoms with Gasteiger partial charge in [0.2, 0.25) is 0 Å². The molecular formula is C20H14FN3O3S. The third kappa shape index (κ3) is 3.49. The average Bonchev–Trinajstić information content (AvgIpc) is 3.16. The molecule has 1 amide bonds. The number of H-pyrrole nitrogens is 1. The number of rotatable bonds is 4. The number of amides is 1. The van der Waals surface area contributed by atoms with Gasteiger partial charge in [-0.15, -0.1) is 11.3 Å². The van der Waals surface area contributed by atoms with Crippen molar-refractivity contribution in [3.63, 3.8) is 0 Å². The Hall–Kier alpha value is -3.52. The number of carbonyl (C=O) groups excluding carboxylic acids is 1. The maximum Gasteiger partial charge on any atom is 0.329 e. The Bertz CT molecular complexity index is 1270. The first-order valence-electron chi connectivity index (χ1n) is 8.37. The van der Waals surface area contributed by atoms with Crippen molar-refractivity contribution >= 4 is 33.1 Å². The van der Waals surface area contributed by atoms with Crippen molar-refractivity contribution in [3.8, 4) is 0 Å². The summed E-state index contributed by atoms with van der Waals surface area (Å²) in [6.07, 6.45) is 0. The molecule has 0 unspecified atom stereocenters. The fraction of sp³-hybridized carbons (Fsp3) is 0.0500. The van der Waals surface area contributed by atoms with E-state index in [9.17, 15) is 18.8 Å². The van der Waals surface area contributed by atoms with Crippen LogP contribution in [0.15, 0.2) is 69.6 Å². The molecule has 0 saturated heterocycles. The molecule has 0 atom stereocenters. The van der Waals surface area contributed by atoms with Gasteiger partial charge in [-0.2, -0.15) is 0 Å². The molecule has 0 saturated carbocycles. The van der Waals surface area contributed by atoms with Gasteiger partial charge in [0.25, 0.3) is 11.5 Å². The van der Waals surface area contributed by atoms with Gasteiger partial charge < -0.3 is 10.3 Å². The molecule has 4 aromatic rings. The number of nitrogens with zero attached hydrogens (tertiary/aromatic N) is 1. The number of nitrogens with one attached hydrogen (secondary N) is 2. The molecule has 2 heterocycles. The van der Waals surface area contributed by atoms with Crippen LogP contribution in [0, 0.1) is 5.82 Å². The molecule has 0 bridgehead atoms. The fourth-order valence-electron chi connectivity index (χ4n) is 2.80. The van der Waals surface area contributed by atoms with E-state index in [2.05, 4.69) is 10.3 Å². The van der Waals surface area contributed by atoms with Crippen molar-refractivity contribution in [2.45, 2.75) is 6.54 Å². The SMILES string of the molecule is O=C(Nc1ccc(F)cc1)c1ccc(Cn2c(=O)[nH]c3ccsc3c2=O)cc1. The summed E-state index contributed by atoms with van der Waals surface area (Å²) in [7, 11) is 0. The standard InChI is InChI=1S/C20H14FN3O3S/c21-14-5-7-15(8-6-14)22-18(25)13-3-1-12(2-4-13)11-24-19(26)17-16(9-10-28-17)23-20(24)27/h1-10H,11H2,(H,22,25)(H,23,27). The Balaban J connectivity index is 1.54. The second kappa shape index (κ2) is 7.24. The molecule has 0 aliphatic heterocycles. The molecule has 28 heavy (non-hydrogen) atoms. The van der Waals surface area contributed by atoms with Gasteiger partial charge in [-0.05, 0) is 53.4 Å². The highest BCUT2D eigenvalue weighted by atomic mass is 32.1. The van der Waals surface area contributed by atoms with E-state index in [-0.39, 0.29) is 23.8 Å². The zero-order valence-electron chi connectivity index (χ0n) is 14.4. The van der Waals surface area contributed by atoms with Crippen molar-refractivity contribution in [3.05, 3.63) is 97.8 Å². The minimum atomic E-state index is -0.478. The van der Waals surface area contributed by atoms with E-state index >= 15 is 0 Å². The summed E-state index contributed by atoms with van der Waals surface area (Å²) in [5.74, 6) is -0.721. The Labute approximate surface area is 161 Å². The lowest BCUT2D eigenvalue weighted by Gasteiger charge is -2.08. The van der Waals surface area contributed by atoms with Crippen LogP contribution in [0.5, 0.6) is 0 Å². The van der Waals surface area contributed by atoms with Gasteiger partial charge in [0.05, 0.1) is 12.1 Å². The first-order valence-corrected chi connectivity index (χ1v) is 9.25. The monoisotopic (exact) mass is 395 g/mol. The van der Waals surface area contributed by atoms with E-state index < -0.39 is 5.69 Å². The van der Waals surface area contributed by atoms with Crippen LogP contribution in [0.3, 0.4) is 0 Å². The number of hydrogen-bond acceptors (Lipinski definition) is 4. The summed E-state index contributed by atoms with van der Waals surface area (Å²) in [5.41, 5.74) is 1.31. The predicted octanol–water partition coefficient (Wildman–Crippen LogP) is 3.19. The smallest absolute Gasteiger partial charge is 0.322 e. The quantitative estimate of drug-likeness (QED) is 0.557. The second-order valence-corrected chi connectivity index (χ2v) is 7.06. The van der Waals surface area contributed by atoms with E-state index in [1.54, 1.807) is 35.7 Å². The topological polar surface area (TPSA) is 84.0 Å². The lowest BCUT2D eigenvalue weighted by molar-refractivity contribution is 0.102. The van der Waals surface area contributed by atoms with Gasteiger partial charge in [0, 0.05) is 11.3 Å². The van der Waals surface area contributed by atoms with Gasteiger partial charge in [0.1, 0.15) is 10.5 Å². The molecule has 2 aromatic heterocycles. The molecule has 0 radical (unpaired) electrons. The van der Waals surface area contributed by atoms with Crippen LogP contribution in [0.2, 0.25) is 0 Å². The number of thiophene rings is 1. The summed E-state index contributed by atoms with van der Waals surface area (Å²) >= 11 is 1.28. The van der Waals surface area contributed by atoms with Crippen molar-refractivity contribution in [1.82, 2.24) is 9.55 Å². The van der Waals surface area contributed by atoms with Gasteiger partial charge >= 0.3 is 5.69 Å². The molecule has 0 fully saturated rings. The van der Waals surface area contributed by atoms with Crippen LogP contribution in [0.4, 0.5) is 10.1 Å². The highest BCUT2D eigenvalue weighted by Crippen LogP contribution is 2.14. The Morgan fingerprint density at radius 2 is 1.75 bits per heavy atom. The molecule has 4 rings (SSSR count). The third-order valence-electron chi connectivity index (χ3n) is 4.25. The molecule has 2 N–H and O–H groups in total. The minimum Gasteiger partial charge on any atom is -0.322 e. The molecule has 8 heteroatoms. The molecule has 6 nitrogen and oxygen atoms in total. The molecule has 0 aliphatic carbocycles. The number of hydrogen-bond donors (Lipinski definition) is 2. The lowest BCUT2D eigenvalue weighted by atomic mass is 10.1. The summed E-state index contributed by atoms with van der Waals surface area (Å²) in [6.45, 7) is 0.0991. The fourth-order valence-corrected chi connectivity index (χ4v) is 3.59. The normalized spacial score (nSPS) is 10.9. The van der Waals surface area contributed by atoms with E-state index in [0.717, 1.165) is 4.57 Å². The van der Waals surface area contributed by atoms with Gasteiger partial charge in [-0.3, -0.25) is 14.2 Å². The van der Waals surface area contributed by atoms with E-state index in [4.69, 9.17) is 0 Å². The summed E-state index contributed by atoms with van der Waals surface area (Å²) in [4.78, 5) is 39.6. The van der Waals surface area contributed by atoms with Crippen LogP contribution < -0.4 is 16.6 Å². The predicted molar refractivity (Wildman–Crippen MR) is 107 cm³/mol. The average molecular weight is 395 g/mol. The van der Waals surface area contributed by atoms with Crippen molar-refractivity contribution in [2.75, 3.05) is 5.32 Å². The zero-order chi connectivity index (χ0) is 19.7. The van der Waals surface area contributed by atoms with E-state index in [0.29, 0.717) is 27.0 Å². The highest BCUT2D eigenvalue weighted by Gasteiger charge is 2.10. The first-order chi connectivity index (χ1) is 13.5. The maximum atomic E-state index is 12.9. The van der Waals surface area contributed by atoms with Crippen molar-refractivity contribution in [2.24, 2.45) is 0 Å². The zero-order valence-corrected chi connectivity index (χ0v) is 15.3. The summed E-state index contributed by atoms with van der Waals surface area (Å²) < 4.78 is 14.6. The van der Waals surface area contributed by atoms with Crippen LogP contribution in [-0.2, 0) is 6.54 Å². The van der Waals surface area contributed by atoms with Crippen LogP contribution in [0.25, 0.3) is 10.2 Å². The van der Waals surface area contributed by atoms with Crippen molar-refractivity contribution < 1.29 is 9.18 Å². The molecule has 140 valence electrons. The van der Waals surface area contributed by atoms with Crippen molar-refractivity contribution in [1.29, 1.82) is 0 Å². The Morgan fingerprint density at radius 3 is 2.46 bits per heavy atom. The number of aromatic amines is 1. The highest BCUT2D eigenvalue weighted by molar-refractivity contribution is 7.17. The number of fused-ring (bicyclic) bond motifs is 1. The van der Waals surface area contributed by atoms with Crippen LogP contribution in [0.1, 0.15) is 15.9 Å². The first kappa shape index (κ1) is 17.9. The third-order valence-corrected chi connectivity index (χ3v) is 5.15. The summed E-state index contributed by atoms with van der Waals surface area (Å²) in [5, 5.41) is 4.43. The Kier molecular flexibility index (Phi) is 4.62. The largest absolute Gasteiger partial charge is 0.329 e. The van der Waals surface area contributed by atoms with Crippen LogP contribution >= 0.6 is 11.3 Å². The molecule has 2 aromatic carbocycles. The minimum absolute atomic E-state index is 0.0991. The Morgan fingerprint density at radius 1 is 1.04 bits per heavy atom. The summed E-state index contributed by atoms with van der Waals surface area (Å²) in [6, 6.07) is 13.8. The van der Waals surface area contributed by atoms with Gasteiger partial charge in [-0.1, -0.05) is 12.1 Å². The number of benzene rings is 2. The van der Waals surface area contributed by atoms with E-state index in [1.165, 1.54) is 35.6 Å². The van der Waals surface area contributed by atoms with Crippen LogP contribution in [-0.4, -0.2) is 15.5 Å². The molecule has 0 spiro atoms. The van der Waals surface area contributed by atoms with Gasteiger partial charge in [0.15, 0.2) is 0 Å². The number of halogens is 1. The molecule has 0 aliphatic rings. The van der Waals surface area contributed by atoms with Gasteiger partial charge in [-0.25, -0.2) is 9.18 Å². The maximum absolute atomic E-state index is 12.9. The lowest BCUT2D eigenvalue weighted by Crippen LogP contribution is -2.34. The number of aromatic nitrogens is 2. The van der Waals surface area contributed by atoms with E-state index in [1.807, 2.05) is 0 Å².